The van der Waals surface area contributed by atoms with Gasteiger partial charge >= 0.3 is 0 Å². The lowest BCUT2D eigenvalue weighted by molar-refractivity contribution is 0.306. The van der Waals surface area contributed by atoms with Crippen LogP contribution < -0.4 is 9.92 Å². The predicted molar refractivity (Wildman–Crippen MR) is 189 cm³/mol. The number of nitrogens with zero attached hydrogens (tertiary/aromatic N) is 2. The quantitative estimate of drug-likeness (QED) is 0.104. The van der Waals surface area contributed by atoms with Crippen LogP contribution in [0.2, 0.25) is 0 Å². The van der Waals surface area contributed by atoms with Crippen LogP contribution in [0.3, 0.4) is 0 Å². The van der Waals surface area contributed by atoms with E-state index in [-0.39, 0.29) is 11.0 Å². The van der Waals surface area contributed by atoms with E-state index in [0.29, 0.717) is 9.52 Å². The van der Waals surface area contributed by atoms with Gasteiger partial charge in [-0.1, -0.05) is 158 Å². The molecule has 0 saturated heterocycles. The lowest BCUT2D eigenvalue weighted by Crippen LogP contribution is -2.46. The van der Waals surface area contributed by atoms with Crippen LogP contribution in [-0.4, -0.2) is 33.5 Å². The highest BCUT2D eigenvalue weighted by atomic mass is 28.2. The van der Waals surface area contributed by atoms with Crippen LogP contribution >= 0.6 is 0 Å². The van der Waals surface area contributed by atoms with Crippen molar-refractivity contribution in [3.8, 4) is 5.75 Å². The van der Waals surface area contributed by atoms with Crippen molar-refractivity contribution in [3.63, 3.8) is 0 Å². The predicted octanol–water partition coefficient (Wildman–Crippen LogP) is 8.18. The maximum atomic E-state index is 6.12. The number of unbranched alkanes of at least 4 members (excludes halogenated alkanes) is 2. The normalized spacial score (nSPS) is 11.1. The molecule has 3 nitrogen and oxygen atoms in total. The summed E-state index contributed by atoms with van der Waals surface area (Å²) in [6, 6.07) is 50.3. The number of rotatable bonds is 12. The molecule has 5 heteroatoms. The second-order valence-corrected chi connectivity index (χ2v) is 12.5. The zero-order chi connectivity index (χ0) is 31.2. The third-order valence-electron chi connectivity index (χ3n) is 7.77. The molecule has 0 spiro atoms. The first-order valence-corrected chi connectivity index (χ1v) is 16.7. The first-order chi connectivity index (χ1) is 22.2. The summed E-state index contributed by atoms with van der Waals surface area (Å²) < 4.78 is 8.29. The van der Waals surface area contributed by atoms with Gasteiger partial charge in [-0.3, -0.25) is 0 Å². The molecule has 0 aliphatic rings. The molecule has 6 aromatic rings. The number of hydrogen-bond acceptors (Lipinski definition) is 2. The maximum Gasteiger partial charge on any atom is 0.128 e. The summed E-state index contributed by atoms with van der Waals surface area (Å²) in [5, 5.41) is 0.884. The Morgan fingerprint density at radius 3 is 1.78 bits per heavy atom. The molecular formula is C40H39BN2OSi. The fraction of sp³-hybridized carbons (Fsp3) is 0.175. The van der Waals surface area contributed by atoms with Crippen LogP contribution in [0.25, 0.3) is 0 Å². The van der Waals surface area contributed by atoms with Gasteiger partial charge in [-0.05, 0) is 46.6 Å². The van der Waals surface area contributed by atoms with Gasteiger partial charge < -0.3 is 9.30 Å². The van der Waals surface area contributed by atoms with Gasteiger partial charge in [-0.2, -0.15) is 0 Å². The third-order valence-corrected chi connectivity index (χ3v) is 9.57. The van der Waals surface area contributed by atoms with E-state index in [1.165, 1.54) is 29.2 Å². The van der Waals surface area contributed by atoms with E-state index >= 15 is 0 Å². The Labute approximate surface area is 272 Å². The highest BCUT2D eigenvalue weighted by molar-refractivity contribution is 6.57. The number of aromatic nitrogens is 2. The molecule has 0 fully saturated rings. The average Bonchev–Trinajstić information content (AvgIpc) is 3.67. The van der Waals surface area contributed by atoms with Crippen molar-refractivity contribution in [1.29, 1.82) is 0 Å². The maximum absolute atomic E-state index is 6.12. The van der Waals surface area contributed by atoms with Crippen LogP contribution in [0, 0.1) is 0 Å². The Kier molecular flexibility index (Phi) is 11.6. The minimum atomic E-state index is -0.375. The van der Waals surface area contributed by atoms with E-state index in [9.17, 15) is 0 Å². The van der Waals surface area contributed by atoms with Gasteiger partial charge in [0.1, 0.15) is 15.3 Å². The summed E-state index contributed by atoms with van der Waals surface area (Å²) >= 11 is 0. The monoisotopic (exact) mass is 602 g/mol. The average molecular weight is 603 g/mol. The van der Waals surface area contributed by atoms with Gasteiger partial charge in [0.05, 0.1) is 25.9 Å². The molecule has 1 heterocycles. The van der Waals surface area contributed by atoms with E-state index in [0.717, 1.165) is 29.9 Å². The van der Waals surface area contributed by atoms with Gasteiger partial charge in [-0.25, -0.2) is 4.98 Å². The van der Waals surface area contributed by atoms with Crippen molar-refractivity contribution < 1.29 is 4.74 Å². The number of hydrogen-bond donors (Lipinski definition) is 0. The third kappa shape index (κ3) is 8.31. The zero-order valence-electron chi connectivity index (χ0n) is 25.9. The first-order valence-electron chi connectivity index (χ1n) is 15.7. The fourth-order valence-corrected chi connectivity index (χ4v) is 7.11. The SMILES string of the molecule is CCCCCOc1cccc([Si]C(c2ccccc2)(c2ccccc2)n2ccnc2)c1.[B]C(c1ccccc1)c1ccccc1. The van der Waals surface area contributed by atoms with Crippen LogP contribution in [0.5, 0.6) is 5.75 Å². The van der Waals surface area contributed by atoms with Crippen molar-refractivity contribution in [3.05, 3.63) is 187 Å². The fourth-order valence-electron chi connectivity index (χ4n) is 5.42. The summed E-state index contributed by atoms with van der Waals surface area (Å²) in [4.78, 5) is 4.40. The van der Waals surface area contributed by atoms with Gasteiger partial charge in [0.25, 0.3) is 0 Å². The molecular weight excluding hydrogens is 563 g/mol. The molecule has 4 radical (unpaired) electrons. The van der Waals surface area contributed by atoms with E-state index in [1.54, 1.807) is 0 Å². The molecule has 1 aromatic heterocycles. The Morgan fingerprint density at radius 2 is 1.27 bits per heavy atom. The second-order valence-electron chi connectivity index (χ2n) is 10.9. The highest BCUT2D eigenvalue weighted by Gasteiger charge is 2.37. The van der Waals surface area contributed by atoms with Gasteiger partial charge in [0, 0.05) is 12.4 Å². The summed E-state index contributed by atoms with van der Waals surface area (Å²) in [5.41, 5.74) is 4.79. The zero-order valence-corrected chi connectivity index (χ0v) is 26.9. The van der Waals surface area contributed by atoms with Crippen LogP contribution in [0.4, 0.5) is 0 Å². The van der Waals surface area contributed by atoms with E-state index in [4.69, 9.17) is 12.6 Å². The Morgan fingerprint density at radius 1 is 0.711 bits per heavy atom. The molecule has 0 unspecified atom stereocenters. The van der Waals surface area contributed by atoms with E-state index in [2.05, 4.69) is 132 Å². The van der Waals surface area contributed by atoms with E-state index < -0.39 is 0 Å². The molecule has 222 valence electrons. The standard InChI is InChI=1S/C27H28N2OSi.C13H11B/c1-2-3-10-20-30-25-16-11-17-26(21-25)31-27(29-19-18-28-22-29,23-12-6-4-7-13-23)24-14-8-5-9-15-24;14-13(11-7-3-1-4-8-11)12-9-5-2-6-10-12/h4-9,11-19,21-22H,2-3,10,20H2,1H3;1-10,13H. The number of benzene rings is 5. The molecule has 6 rings (SSSR count). The molecule has 0 atom stereocenters. The summed E-state index contributed by atoms with van der Waals surface area (Å²) in [6.45, 7) is 2.98. The molecule has 5 aromatic carbocycles. The number of imidazole rings is 1. The second kappa shape index (κ2) is 16.5. The minimum absolute atomic E-state index is 0.0163. The molecule has 45 heavy (non-hydrogen) atoms. The molecule has 0 aliphatic carbocycles. The first kappa shape index (κ1) is 31.8. The Bertz CT molecular complexity index is 1580. The molecule has 0 aliphatic heterocycles. The summed E-state index contributed by atoms with van der Waals surface area (Å²) in [6.07, 6.45) is 9.35. The largest absolute Gasteiger partial charge is 0.494 e. The Hall–Kier alpha value is -4.61. The minimum Gasteiger partial charge on any atom is -0.494 e. The topological polar surface area (TPSA) is 27.1 Å². The van der Waals surface area contributed by atoms with Gasteiger partial charge in [0.15, 0.2) is 0 Å². The van der Waals surface area contributed by atoms with Crippen LogP contribution in [0.15, 0.2) is 164 Å². The summed E-state index contributed by atoms with van der Waals surface area (Å²) in [7, 11) is 6.58. The lowest BCUT2D eigenvalue weighted by Gasteiger charge is -2.36. The van der Waals surface area contributed by atoms with Crippen molar-refractivity contribution in [2.45, 2.75) is 37.2 Å². The lowest BCUT2D eigenvalue weighted by atomic mass is 9.76. The van der Waals surface area contributed by atoms with Crippen molar-refractivity contribution >= 4 is 22.6 Å². The Balaban J connectivity index is 0.000000238. The summed E-state index contributed by atoms with van der Waals surface area (Å²) in [5.74, 6) is 0.930. The molecule has 0 N–H and O–H groups in total. The smallest absolute Gasteiger partial charge is 0.128 e. The van der Waals surface area contributed by atoms with Crippen molar-refractivity contribution in [2.75, 3.05) is 6.61 Å². The van der Waals surface area contributed by atoms with Crippen LogP contribution in [-0.2, 0) is 5.16 Å². The van der Waals surface area contributed by atoms with E-state index in [1.807, 2.05) is 48.9 Å². The highest BCUT2D eigenvalue weighted by Crippen LogP contribution is 2.33. The van der Waals surface area contributed by atoms with Gasteiger partial charge in [-0.15, -0.1) is 0 Å². The van der Waals surface area contributed by atoms with Crippen LogP contribution in [0.1, 0.15) is 54.3 Å². The molecule has 0 bridgehead atoms. The molecule has 0 saturated carbocycles. The van der Waals surface area contributed by atoms with Gasteiger partial charge in [0.2, 0.25) is 0 Å². The van der Waals surface area contributed by atoms with Crippen molar-refractivity contribution in [2.24, 2.45) is 0 Å². The van der Waals surface area contributed by atoms with Crippen molar-refractivity contribution in [1.82, 2.24) is 9.55 Å². The molecule has 0 amide bonds. The number of ether oxygens (including phenoxy) is 1.